The number of fused-ring (bicyclic) bond motifs is 1. The zero-order chi connectivity index (χ0) is 14.7. The van der Waals surface area contributed by atoms with Gasteiger partial charge in [0.15, 0.2) is 0 Å². The lowest BCUT2D eigenvalue weighted by Crippen LogP contribution is -2.35. The normalized spacial score (nSPS) is 19.0. The van der Waals surface area contributed by atoms with Crippen LogP contribution in [-0.2, 0) is 17.6 Å². The van der Waals surface area contributed by atoms with Crippen LogP contribution in [-0.4, -0.2) is 6.61 Å². The number of hydrogen-bond donors (Lipinski definition) is 2. The van der Waals surface area contributed by atoms with Crippen molar-refractivity contribution in [2.24, 2.45) is 5.84 Å². The van der Waals surface area contributed by atoms with E-state index in [1.807, 2.05) is 0 Å². The number of hydrazine groups is 1. The second kappa shape index (κ2) is 6.39. The molecule has 2 aromatic carbocycles. The molecule has 0 radical (unpaired) electrons. The second-order valence-electron chi connectivity index (χ2n) is 5.48. The lowest BCUT2D eigenvalue weighted by atomic mass is 9.89. The van der Waals surface area contributed by atoms with E-state index in [0.717, 1.165) is 19.4 Å². The first-order chi connectivity index (χ1) is 10.3. The van der Waals surface area contributed by atoms with Crippen LogP contribution >= 0.6 is 0 Å². The fraction of sp³-hybridized carbons (Fsp3) is 0.333. The van der Waals surface area contributed by atoms with Gasteiger partial charge in [-0.25, -0.2) is 0 Å². The molecule has 0 spiro atoms. The molecule has 0 aliphatic carbocycles. The van der Waals surface area contributed by atoms with Crippen LogP contribution in [0.4, 0.5) is 0 Å². The molecule has 1 aliphatic rings. The van der Waals surface area contributed by atoms with Gasteiger partial charge in [-0.05, 0) is 35.1 Å². The van der Waals surface area contributed by atoms with E-state index in [4.69, 9.17) is 10.6 Å². The van der Waals surface area contributed by atoms with Crippen LogP contribution in [0.15, 0.2) is 48.5 Å². The highest BCUT2D eigenvalue weighted by Gasteiger charge is 2.29. The molecular formula is C18H22N2O. The van der Waals surface area contributed by atoms with Gasteiger partial charge < -0.3 is 4.74 Å². The Balaban J connectivity index is 1.97. The first-order valence-corrected chi connectivity index (χ1v) is 7.58. The standard InChI is InChI=1S/C18H22N2O/c1-2-13-6-5-8-15(12-13)17(20-19)18-16-9-4-3-7-14(16)10-11-21-18/h3-9,12,17-18,20H,2,10-11,19H2,1H3. The molecule has 0 bridgehead atoms. The van der Waals surface area contributed by atoms with Crippen LogP contribution in [0, 0.1) is 0 Å². The molecule has 0 aromatic heterocycles. The Hall–Kier alpha value is -1.68. The lowest BCUT2D eigenvalue weighted by molar-refractivity contribution is 0.0147. The Morgan fingerprint density at radius 3 is 2.90 bits per heavy atom. The number of hydrogen-bond acceptors (Lipinski definition) is 3. The van der Waals surface area contributed by atoms with E-state index in [-0.39, 0.29) is 12.1 Å². The third-order valence-corrected chi connectivity index (χ3v) is 4.23. The molecule has 2 atom stereocenters. The first-order valence-electron chi connectivity index (χ1n) is 7.58. The largest absolute Gasteiger partial charge is 0.371 e. The quantitative estimate of drug-likeness (QED) is 0.669. The minimum absolute atomic E-state index is 0.0297. The summed E-state index contributed by atoms with van der Waals surface area (Å²) >= 11 is 0. The van der Waals surface area contributed by atoms with Gasteiger partial charge in [-0.3, -0.25) is 11.3 Å². The zero-order valence-electron chi connectivity index (χ0n) is 12.4. The number of aryl methyl sites for hydroxylation is 1. The third-order valence-electron chi connectivity index (χ3n) is 4.23. The van der Waals surface area contributed by atoms with Crippen molar-refractivity contribution in [2.75, 3.05) is 6.61 Å². The van der Waals surface area contributed by atoms with Gasteiger partial charge in [-0.1, -0.05) is 55.5 Å². The molecule has 2 aromatic rings. The number of rotatable bonds is 4. The lowest BCUT2D eigenvalue weighted by Gasteiger charge is -2.32. The number of ether oxygens (including phenoxy) is 1. The van der Waals surface area contributed by atoms with E-state index in [1.54, 1.807) is 0 Å². The van der Waals surface area contributed by atoms with Crippen molar-refractivity contribution in [1.29, 1.82) is 0 Å². The van der Waals surface area contributed by atoms with Gasteiger partial charge in [0, 0.05) is 0 Å². The molecule has 1 heterocycles. The molecule has 3 rings (SSSR count). The van der Waals surface area contributed by atoms with Crippen molar-refractivity contribution < 1.29 is 4.74 Å². The van der Waals surface area contributed by atoms with Gasteiger partial charge in [0.25, 0.3) is 0 Å². The maximum absolute atomic E-state index is 6.04. The van der Waals surface area contributed by atoms with Gasteiger partial charge in [-0.15, -0.1) is 0 Å². The molecule has 21 heavy (non-hydrogen) atoms. The molecule has 3 nitrogen and oxygen atoms in total. The van der Waals surface area contributed by atoms with E-state index >= 15 is 0 Å². The van der Waals surface area contributed by atoms with E-state index in [9.17, 15) is 0 Å². The molecule has 0 saturated heterocycles. The van der Waals surface area contributed by atoms with E-state index < -0.39 is 0 Å². The number of nitrogens with one attached hydrogen (secondary N) is 1. The number of benzene rings is 2. The Kier molecular flexibility index (Phi) is 4.34. The monoisotopic (exact) mass is 282 g/mol. The maximum Gasteiger partial charge on any atom is 0.103 e. The van der Waals surface area contributed by atoms with Gasteiger partial charge in [0.2, 0.25) is 0 Å². The van der Waals surface area contributed by atoms with Crippen LogP contribution in [0.3, 0.4) is 0 Å². The fourth-order valence-corrected chi connectivity index (χ4v) is 3.07. The fourth-order valence-electron chi connectivity index (χ4n) is 3.07. The highest BCUT2D eigenvalue weighted by atomic mass is 16.5. The smallest absolute Gasteiger partial charge is 0.103 e. The highest BCUT2D eigenvalue weighted by Crippen LogP contribution is 2.36. The predicted octanol–water partition coefficient (Wildman–Crippen LogP) is 3.07. The summed E-state index contributed by atoms with van der Waals surface area (Å²) in [7, 11) is 0. The van der Waals surface area contributed by atoms with Crippen molar-refractivity contribution in [3.63, 3.8) is 0 Å². The summed E-state index contributed by atoms with van der Waals surface area (Å²) in [4.78, 5) is 0. The van der Waals surface area contributed by atoms with E-state index in [0.29, 0.717) is 0 Å². The molecular weight excluding hydrogens is 260 g/mol. The summed E-state index contributed by atoms with van der Waals surface area (Å²) in [6.45, 7) is 2.91. The van der Waals surface area contributed by atoms with Crippen LogP contribution in [0.25, 0.3) is 0 Å². The Morgan fingerprint density at radius 1 is 1.24 bits per heavy atom. The van der Waals surface area contributed by atoms with Crippen molar-refractivity contribution in [1.82, 2.24) is 5.43 Å². The van der Waals surface area contributed by atoms with Crippen LogP contribution in [0.1, 0.15) is 41.3 Å². The zero-order valence-corrected chi connectivity index (χ0v) is 12.4. The summed E-state index contributed by atoms with van der Waals surface area (Å²) in [6, 6.07) is 17.0. The molecule has 0 amide bonds. The summed E-state index contributed by atoms with van der Waals surface area (Å²) in [6.07, 6.45) is 1.96. The summed E-state index contributed by atoms with van der Waals surface area (Å²) in [5.41, 5.74) is 8.06. The topological polar surface area (TPSA) is 47.3 Å². The SMILES string of the molecule is CCc1cccc(C(NN)C2OCCc3ccccc32)c1. The Labute approximate surface area is 126 Å². The van der Waals surface area contributed by atoms with Gasteiger partial charge in [0.05, 0.1) is 12.6 Å². The maximum atomic E-state index is 6.04. The van der Waals surface area contributed by atoms with Crippen LogP contribution < -0.4 is 11.3 Å². The highest BCUT2D eigenvalue weighted by molar-refractivity contribution is 5.35. The number of nitrogens with two attached hydrogens (primary N) is 1. The minimum Gasteiger partial charge on any atom is -0.371 e. The average molecular weight is 282 g/mol. The molecule has 0 fully saturated rings. The van der Waals surface area contributed by atoms with Gasteiger partial charge in [0.1, 0.15) is 6.10 Å². The Bertz CT molecular complexity index is 612. The van der Waals surface area contributed by atoms with Gasteiger partial charge >= 0.3 is 0 Å². The minimum atomic E-state index is -0.0351. The summed E-state index contributed by atoms with van der Waals surface area (Å²) in [5.74, 6) is 5.85. The molecule has 3 heteroatoms. The molecule has 1 aliphatic heterocycles. The molecule has 3 N–H and O–H groups in total. The van der Waals surface area contributed by atoms with E-state index in [1.165, 1.54) is 22.3 Å². The van der Waals surface area contributed by atoms with Crippen LogP contribution in [0.5, 0.6) is 0 Å². The van der Waals surface area contributed by atoms with Crippen molar-refractivity contribution in [2.45, 2.75) is 31.9 Å². The average Bonchev–Trinajstić information content (AvgIpc) is 2.56. The molecule has 0 saturated carbocycles. The third kappa shape index (κ3) is 2.86. The van der Waals surface area contributed by atoms with Crippen molar-refractivity contribution in [3.05, 3.63) is 70.8 Å². The second-order valence-corrected chi connectivity index (χ2v) is 5.48. The van der Waals surface area contributed by atoms with Crippen LogP contribution in [0.2, 0.25) is 0 Å². The Morgan fingerprint density at radius 2 is 2.10 bits per heavy atom. The van der Waals surface area contributed by atoms with E-state index in [2.05, 4.69) is 60.9 Å². The predicted molar refractivity (Wildman–Crippen MR) is 84.7 cm³/mol. The summed E-state index contributed by atoms with van der Waals surface area (Å²) < 4.78 is 6.04. The molecule has 2 unspecified atom stereocenters. The van der Waals surface area contributed by atoms with Gasteiger partial charge in [-0.2, -0.15) is 0 Å². The first kappa shape index (κ1) is 14.3. The van der Waals surface area contributed by atoms with Crippen molar-refractivity contribution >= 4 is 0 Å². The van der Waals surface area contributed by atoms with Crippen molar-refractivity contribution in [3.8, 4) is 0 Å². The molecule has 110 valence electrons. The summed E-state index contributed by atoms with van der Waals surface area (Å²) in [5, 5.41) is 0.